The molecule has 1 aromatic heterocycles. The van der Waals surface area contributed by atoms with Crippen LogP contribution in [0.4, 0.5) is 11.6 Å². The lowest BCUT2D eigenvalue weighted by molar-refractivity contribution is -0.113. The van der Waals surface area contributed by atoms with Crippen LogP contribution in [-0.4, -0.2) is 27.8 Å². The number of aromatic nitrogens is 3. The Balaban J connectivity index is 1.49. The number of amides is 1. The Morgan fingerprint density at radius 1 is 1.05 bits per heavy atom. The Morgan fingerprint density at radius 3 is 2.55 bits per heavy atom. The number of rotatable bonds is 7. The van der Waals surface area contributed by atoms with Gasteiger partial charge in [0.05, 0.1) is 12.7 Å². The summed E-state index contributed by atoms with van der Waals surface area (Å²) in [5.74, 6) is 1.28. The number of para-hydroxylation sites is 1. The highest BCUT2D eigenvalue weighted by atomic mass is 35.5. The molecule has 194 valence electrons. The SMILES string of the molecule is COc1cc([C@@H]2C(C(=O)Nc3ccccc3C)=C(C)Nc3ncnn32)ccc1OCc1c(Cl)cccc1Cl. The zero-order chi connectivity index (χ0) is 26.8. The van der Waals surface area contributed by atoms with Crippen molar-refractivity contribution in [3.05, 3.63) is 105 Å². The van der Waals surface area contributed by atoms with E-state index in [0.717, 1.165) is 16.8 Å². The van der Waals surface area contributed by atoms with E-state index in [1.807, 2.05) is 50.2 Å². The maximum Gasteiger partial charge on any atom is 0.255 e. The highest BCUT2D eigenvalue weighted by molar-refractivity contribution is 6.35. The molecule has 38 heavy (non-hydrogen) atoms. The van der Waals surface area contributed by atoms with Crippen LogP contribution in [0.3, 0.4) is 0 Å². The number of nitrogens with zero attached hydrogens (tertiary/aromatic N) is 3. The van der Waals surface area contributed by atoms with Crippen LogP contribution in [0.15, 0.2) is 78.3 Å². The molecular formula is C28H25Cl2N5O3. The molecule has 1 aliphatic rings. The summed E-state index contributed by atoms with van der Waals surface area (Å²) in [7, 11) is 1.56. The van der Waals surface area contributed by atoms with Gasteiger partial charge in [-0.25, -0.2) is 4.68 Å². The average Bonchev–Trinajstić information content (AvgIpc) is 3.37. The first-order valence-electron chi connectivity index (χ1n) is 11.8. The molecule has 0 aliphatic carbocycles. The first kappa shape index (κ1) is 25.6. The molecule has 0 unspecified atom stereocenters. The minimum Gasteiger partial charge on any atom is -0.493 e. The average molecular weight is 550 g/mol. The summed E-state index contributed by atoms with van der Waals surface area (Å²) in [6.45, 7) is 3.96. The molecule has 3 aromatic carbocycles. The third kappa shape index (κ3) is 4.92. The van der Waals surface area contributed by atoms with Gasteiger partial charge in [0.2, 0.25) is 5.95 Å². The fourth-order valence-electron chi connectivity index (χ4n) is 4.39. The fourth-order valence-corrected chi connectivity index (χ4v) is 4.90. The number of aryl methyl sites for hydroxylation is 1. The van der Waals surface area contributed by atoms with Crippen molar-refractivity contribution >= 4 is 40.7 Å². The number of carbonyl (C=O) groups excluding carboxylic acids is 1. The maximum absolute atomic E-state index is 13.6. The third-order valence-corrected chi connectivity index (χ3v) is 7.08. The molecular weight excluding hydrogens is 525 g/mol. The summed E-state index contributed by atoms with van der Waals surface area (Å²) in [6, 6.07) is 17.9. The van der Waals surface area contributed by atoms with Gasteiger partial charge in [-0.3, -0.25) is 4.79 Å². The van der Waals surface area contributed by atoms with Gasteiger partial charge in [-0.05, 0) is 55.3 Å². The highest BCUT2D eigenvalue weighted by Gasteiger charge is 2.34. The number of anilines is 2. The lowest BCUT2D eigenvalue weighted by Crippen LogP contribution is -2.31. The number of fused-ring (bicyclic) bond motifs is 1. The maximum atomic E-state index is 13.6. The first-order valence-corrected chi connectivity index (χ1v) is 12.6. The number of hydrogen-bond acceptors (Lipinski definition) is 6. The minimum atomic E-state index is -0.557. The summed E-state index contributed by atoms with van der Waals surface area (Å²) in [4.78, 5) is 17.9. The van der Waals surface area contributed by atoms with Crippen LogP contribution in [0.1, 0.15) is 29.7 Å². The van der Waals surface area contributed by atoms with Crippen molar-refractivity contribution in [3.8, 4) is 11.5 Å². The normalized spacial score (nSPS) is 14.5. The molecule has 2 heterocycles. The van der Waals surface area contributed by atoms with Crippen LogP contribution < -0.4 is 20.1 Å². The van der Waals surface area contributed by atoms with E-state index in [-0.39, 0.29) is 12.5 Å². The number of methoxy groups -OCH3 is 1. The van der Waals surface area contributed by atoms with Crippen molar-refractivity contribution in [2.24, 2.45) is 0 Å². The van der Waals surface area contributed by atoms with E-state index in [9.17, 15) is 4.79 Å². The fraction of sp³-hybridized carbons (Fsp3) is 0.179. The largest absolute Gasteiger partial charge is 0.493 e. The van der Waals surface area contributed by atoms with Crippen LogP contribution in [0.5, 0.6) is 11.5 Å². The van der Waals surface area contributed by atoms with Gasteiger partial charge < -0.3 is 20.1 Å². The molecule has 2 N–H and O–H groups in total. The van der Waals surface area contributed by atoms with Gasteiger partial charge in [0, 0.05) is 27.0 Å². The Morgan fingerprint density at radius 2 is 1.82 bits per heavy atom. The van der Waals surface area contributed by atoms with E-state index >= 15 is 0 Å². The Hall–Kier alpha value is -4.01. The summed E-state index contributed by atoms with van der Waals surface area (Å²) in [5.41, 5.74) is 4.33. The predicted molar refractivity (Wildman–Crippen MR) is 148 cm³/mol. The molecule has 0 fully saturated rings. The van der Waals surface area contributed by atoms with Gasteiger partial charge in [-0.15, -0.1) is 0 Å². The van der Waals surface area contributed by atoms with Crippen molar-refractivity contribution in [2.45, 2.75) is 26.5 Å². The van der Waals surface area contributed by atoms with Crippen LogP contribution >= 0.6 is 23.2 Å². The first-order chi connectivity index (χ1) is 18.4. The van der Waals surface area contributed by atoms with Gasteiger partial charge in [-0.2, -0.15) is 10.1 Å². The molecule has 0 saturated carbocycles. The van der Waals surface area contributed by atoms with E-state index in [1.54, 1.807) is 36.1 Å². The zero-order valence-corrected chi connectivity index (χ0v) is 22.5. The lowest BCUT2D eigenvalue weighted by atomic mass is 9.94. The number of hydrogen-bond donors (Lipinski definition) is 2. The Kier molecular flexibility index (Phi) is 7.26. The molecule has 0 bridgehead atoms. The molecule has 5 rings (SSSR count). The molecule has 1 atom stereocenters. The van der Waals surface area contributed by atoms with Crippen molar-refractivity contribution in [2.75, 3.05) is 17.7 Å². The number of nitrogens with one attached hydrogen (secondary N) is 2. The smallest absolute Gasteiger partial charge is 0.255 e. The van der Waals surface area contributed by atoms with E-state index in [1.165, 1.54) is 6.33 Å². The molecule has 0 spiro atoms. The summed E-state index contributed by atoms with van der Waals surface area (Å²) >= 11 is 12.6. The van der Waals surface area contributed by atoms with Gasteiger partial charge in [-0.1, -0.05) is 53.5 Å². The van der Waals surface area contributed by atoms with Crippen molar-refractivity contribution in [1.29, 1.82) is 0 Å². The molecule has 4 aromatic rings. The Labute approximate surface area is 230 Å². The zero-order valence-electron chi connectivity index (χ0n) is 21.0. The molecule has 8 nitrogen and oxygen atoms in total. The standard InChI is InChI=1S/C28H25Cl2N5O3/c1-16-7-4-5-10-22(16)34-27(36)25-17(2)33-28-31-15-32-35(28)26(25)18-11-12-23(24(13-18)37-3)38-14-19-20(29)8-6-9-21(19)30/h4-13,15,26H,14H2,1-3H3,(H,34,36)(H,31,32,33)/t26-/m1/s1. The highest BCUT2D eigenvalue weighted by Crippen LogP contribution is 2.39. The van der Waals surface area contributed by atoms with E-state index in [0.29, 0.717) is 44.3 Å². The van der Waals surface area contributed by atoms with Crippen LogP contribution in [0.2, 0.25) is 10.0 Å². The quantitative estimate of drug-likeness (QED) is 0.277. The van der Waals surface area contributed by atoms with Gasteiger partial charge in [0.1, 0.15) is 19.0 Å². The molecule has 0 saturated heterocycles. The topological polar surface area (TPSA) is 90.3 Å². The number of halogens is 2. The molecule has 1 amide bonds. The van der Waals surface area contributed by atoms with E-state index < -0.39 is 6.04 Å². The number of allylic oxidation sites excluding steroid dienone is 1. The van der Waals surface area contributed by atoms with Crippen LogP contribution in [0.25, 0.3) is 0 Å². The summed E-state index contributed by atoms with van der Waals surface area (Å²) in [6.07, 6.45) is 1.45. The summed E-state index contributed by atoms with van der Waals surface area (Å²) in [5, 5.41) is 11.7. The van der Waals surface area contributed by atoms with E-state index in [4.69, 9.17) is 32.7 Å². The second-order valence-electron chi connectivity index (χ2n) is 8.76. The lowest BCUT2D eigenvalue weighted by Gasteiger charge is -2.29. The van der Waals surface area contributed by atoms with Gasteiger partial charge >= 0.3 is 0 Å². The predicted octanol–water partition coefficient (Wildman–Crippen LogP) is 6.41. The van der Waals surface area contributed by atoms with Crippen LogP contribution in [-0.2, 0) is 11.4 Å². The van der Waals surface area contributed by atoms with Crippen molar-refractivity contribution in [3.63, 3.8) is 0 Å². The summed E-state index contributed by atoms with van der Waals surface area (Å²) < 4.78 is 13.4. The Bertz CT molecular complexity index is 1530. The number of benzene rings is 3. The molecule has 1 aliphatic heterocycles. The van der Waals surface area contributed by atoms with Crippen molar-refractivity contribution in [1.82, 2.24) is 14.8 Å². The minimum absolute atomic E-state index is 0.165. The van der Waals surface area contributed by atoms with Crippen LogP contribution in [0, 0.1) is 6.92 Å². The molecule has 10 heteroatoms. The number of ether oxygens (including phenoxy) is 2. The van der Waals surface area contributed by atoms with E-state index in [2.05, 4.69) is 20.7 Å². The number of carbonyl (C=O) groups is 1. The van der Waals surface area contributed by atoms with Gasteiger partial charge in [0.25, 0.3) is 5.91 Å². The third-order valence-electron chi connectivity index (χ3n) is 6.37. The second kappa shape index (κ2) is 10.8. The van der Waals surface area contributed by atoms with Crippen molar-refractivity contribution < 1.29 is 14.3 Å². The van der Waals surface area contributed by atoms with Gasteiger partial charge in [0.15, 0.2) is 11.5 Å². The monoisotopic (exact) mass is 549 g/mol. The second-order valence-corrected chi connectivity index (χ2v) is 9.58. The molecule has 0 radical (unpaired) electrons.